The van der Waals surface area contributed by atoms with Crippen LogP contribution in [0, 0.1) is 5.41 Å². The van der Waals surface area contributed by atoms with E-state index in [1.54, 1.807) is 25.3 Å². The SMILES string of the molecule is CO/C(C)=C(/C=C1\CC(Oc2ccc(NC(=O)NC(C)C)c(Cl)c2)=NC=N1)OCCCN1CCC2(COC2)C1. The lowest BCUT2D eigenvalue weighted by Crippen LogP contribution is -2.44. The summed E-state index contributed by atoms with van der Waals surface area (Å²) in [6, 6.07) is 4.73. The molecule has 2 fully saturated rings. The van der Waals surface area contributed by atoms with Crippen molar-refractivity contribution in [3.63, 3.8) is 0 Å². The van der Waals surface area contributed by atoms with Gasteiger partial charge in [-0.3, -0.25) is 0 Å². The van der Waals surface area contributed by atoms with E-state index in [2.05, 4.69) is 25.5 Å². The Kier molecular flexibility index (Phi) is 9.88. The van der Waals surface area contributed by atoms with Gasteiger partial charge in [0, 0.05) is 36.7 Å². The fourth-order valence-corrected chi connectivity index (χ4v) is 4.81. The number of hydrogen-bond donors (Lipinski definition) is 2. The van der Waals surface area contributed by atoms with Crippen molar-refractivity contribution in [1.29, 1.82) is 0 Å². The van der Waals surface area contributed by atoms with Crippen LogP contribution in [0.4, 0.5) is 10.5 Å². The van der Waals surface area contributed by atoms with E-state index >= 15 is 0 Å². The van der Waals surface area contributed by atoms with E-state index in [1.165, 1.54) is 12.8 Å². The Morgan fingerprint density at radius 1 is 1.33 bits per heavy atom. The van der Waals surface area contributed by atoms with Gasteiger partial charge in [0.2, 0.25) is 5.90 Å². The molecule has 2 saturated heterocycles. The molecule has 10 nitrogen and oxygen atoms in total. The third-order valence-electron chi connectivity index (χ3n) is 6.76. The number of nitrogens with zero attached hydrogens (tertiary/aromatic N) is 3. The number of methoxy groups -OCH3 is 1. The molecular weight excluding hydrogens is 522 g/mol. The average molecular weight is 560 g/mol. The Labute approximate surface area is 235 Å². The lowest BCUT2D eigenvalue weighted by atomic mass is 9.85. The van der Waals surface area contributed by atoms with Gasteiger partial charge in [-0.1, -0.05) is 11.6 Å². The fourth-order valence-electron chi connectivity index (χ4n) is 4.59. The number of nitrogens with one attached hydrogen (secondary N) is 2. The fraction of sp³-hybridized carbons (Fsp3) is 0.536. The molecular formula is C28H38ClN5O5. The standard InChI is InChI=1S/C28H38ClN5O5/c1-19(2)32-27(35)33-24-7-6-22(14-23(24)29)39-26-13-21(30-18-31-26)12-25(20(3)36-4)38-11-5-9-34-10-8-28(15-34)16-37-17-28/h6-7,12,14,18-19H,5,8-11,13,15-17H2,1-4H3,(H2,32,33,35)/b21-12+,25-20-. The van der Waals surface area contributed by atoms with Gasteiger partial charge in [0.25, 0.3) is 0 Å². The second kappa shape index (κ2) is 13.3. The molecule has 3 heterocycles. The number of benzene rings is 1. The minimum Gasteiger partial charge on any atom is -0.498 e. The number of halogens is 1. The third kappa shape index (κ3) is 8.20. The maximum absolute atomic E-state index is 12.0. The number of likely N-dealkylation sites (tertiary alicyclic amines) is 1. The van der Waals surface area contributed by atoms with E-state index in [9.17, 15) is 4.79 Å². The highest BCUT2D eigenvalue weighted by molar-refractivity contribution is 6.33. The molecule has 212 valence electrons. The summed E-state index contributed by atoms with van der Waals surface area (Å²) in [6.45, 7) is 11.2. The van der Waals surface area contributed by atoms with Gasteiger partial charge in [-0.15, -0.1) is 0 Å². The lowest BCUT2D eigenvalue weighted by Gasteiger charge is -2.37. The van der Waals surface area contributed by atoms with Crippen LogP contribution in [0.2, 0.25) is 5.02 Å². The molecule has 0 unspecified atom stereocenters. The normalized spacial score (nSPS) is 19.9. The van der Waals surface area contributed by atoms with Gasteiger partial charge >= 0.3 is 6.03 Å². The van der Waals surface area contributed by atoms with Crippen LogP contribution in [0.1, 0.15) is 40.0 Å². The third-order valence-corrected chi connectivity index (χ3v) is 7.08. The Bertz CT molecular complexity index is 1160. The van der Waals surface area contributed by atoms with Gasteiger partial charge < -0.3 is 34.5 Å². The molecule has 0 aromatic heterocycles. The van der Waals surface area contributed by atoms with Crippen LogP contribution < -0.4 is 15.4 Å². The zero-order valence-electron chi connectivity index (χ0n) is 23.1. The van der Waals surface area contributed by atoms with E-state index in [-0.39, 0.29) is 12.1 Å². The molecule has 1 spiro atoms. The number of allylic oxidation sites excluding steroid dienone is 2. The predicted molar refractivity (Wildman–Crippen MR) is 153 cm³/mol. The summed E-state index contributed by atoms with van der Waals surface area (Å²) >= 11 is 6.36. The Balaban J connectivity index is 1.29. The van der Waals surface area contributed by atoms with Gasteiger partial charge in [-0.05, 0) is 52.3 Å². The van der Waals surface area contributed by atoms with E-state index < -0.39 is 0 Å². The first-order chi connectivity index (χ1) is 18.7. The summed E-state index contributed by atoms with van der Waals surface area (Å²) in [5, 5.41) is 5.84. The van der Waals surface area contributed by atoms with Crippen molar-refractivity contribution in [1.82, 2.24) is 10.2 Å². The molecule has 1 aromatic rings. The van der Waals surface area contributed by atoms with Gasteiger partial charge in [0.1, 0.15) is 17.8 Å². The van der Waals surface area contributed by atoms with Gasteiger partial charge in [-0.2, -0.15) is 0 Å². The molecule has 0 aliphatic carbocycles. The molecule has 3 aliphatic rings. The Morgan fingerprint density at radius 3 is 2.82 bits per heavy atom. The number of amides is 2. The predicted octanol–water partition coefficient (Wildman–Crippen LogP) is 4.97. The summed E-state index contributed by atoms with van der Waals surface area (Å²) in [4.78, 5) is 23.1. The maximum atomic E-state index is 12.0. The van der Waals surface area contributed by atoms with Crippen LogP contribution in [0.5, 0.6) is 5.75 Å². The number of rotatable bonds is 10. The molecule has 0 bridgehead atoms. The van der Waals surface area contributed by atoms with E-state index in [0.717, 1.165) is 45.0 Å². The first-order valence-electron chi connectivity index (χ1n) is 13.3. The lowest BCUT2D eigenvalue weighted by molar-refractivity contribution is -0.105. The summed E-state index contributed by atoms with van der Waals surface area (Å²) in [6.07, 6.45) is 5.82. The average Bonchev–Trinajstić information content (AvgIpc) is 3.32. The summed E-state index contributed by atoms with van der Waals surface area (Å²) < 4.78 is 22.9. The number of hydrogen-bond acceptors (Lipinski definition) is 8. The van der Waals surface area contributed by atoms with Crippen LogP contribution in [-0.4, -0.2) is 75.8 Å². The van der Waals surface area contributed by atoms with Crippen molar-refractivity contribution in [3.05, 3.63) is 46.5 Å². The van der Waals surface area contributed by atoms with Crippen molar-refractivity contribution in [2.75, 3.05) is 51.9 Å². The van der Waals surface area contributed by atoms with Crippen molar-refractivity contribution in [2.45, 2.75) is 46.1 Å². The van der Waals surface area contributed by atoms with Crippen LogP contribution in [0.15, 0.2) is 51.5 Å². The number of aliphatic imine (C=N–C) groups is 2. The molecule has 2 amide bonds. The summed E-state index contributed by atoms with van der Waals surface area (Å²) in [7, 11) is 1.62. The smallest absolute Gasteiger partial charge is 0.319 e. The first-order valence-corrected chi connectivity index (χ1v) is 13.7. The Morgan fingerprint density at radius 2 is 2.15 bits per heavy atom. The van der Waals surface area contributed by atoms with Crippen molar-refractivity contribution in [3.8, 4) is 5.75 Å². The summed E-state index contributed by atoms with van der Waals surface area (Å²) in [5.74, 6) is 2.27. The minimum absolute atomic E-state index is 0.0124. The van der Waals surface area contributed by atoms with Gasteiger partial charge in [-0.25, -0.2) is 14.8 Å². The topological polar surface area (TPSA) is 106 Å². The highest BCUT2D eigenvalue weighted by Gasteiger charge is 2.43. The van der Waals surface area contributed by atoms with Crippen molar-refractivity contribution in [2.24, 2.45) is 15.4 Å². The maximum Gasteiger partial charge on any atom is 0.319 e. The molecule has 39 heavy (non-hydrogen) atoms. The first kappa shape index (κ1) is 28.9. The molecule has 2 N–H and O–H groups in total. The molecule has 0 atom stereocenters. The molecule has 3 aliphatic heterocycles. The van der Waals surface area contributed by atoms with Crippen LogP contribution in [0.3, 0.4) is 0 Å². The van der Waals surface area contributed by atoms with E-state index in [4.69, 9.17) is 30.5 Å². The van der Waals surface area contributed by atoms with Gasteiger partial charge in [0.05, 0.1) is 49.8 Å². The van der Waals surface area contributed by atoms with Crippen molar-refractivity contribution < 1.29 is 23.7 Å². The minimum atomic E-state index is -0.325. The molecule has 11 heteroatoms. The summed E-state index contributed by atoms with van der Waals surface area (Å²) in [5.41, 5.74) is 1.61. The second-order valence-corrected chi connectivity index (χ2v) is 10.8. The number of carbonyl (C=O) groups is 1. The monoisotopic (exact) mass is 559 g/mol. The number of carbonyl (C=O) groups excluding carboxylic acids is 1. The molecule has 4 rings (SSSR count). The van der Waals surface area contributed by atoms with Crippen LogP contribution in [0.25, 0.3) is 0 Å². The number of ether oxygens (including phenoxy) is 4. The molecule has 0 radical (unpaired) electrons. The second-order valence-electron chi connectivity index (χ2n) is 10.4. The molecule has 1 aromatic carbocycles. The highest BCUT2D eigenvalue weighted by Crippen LogP contribution is 2.37. The Hall–Kier alpha value is -3.08. The van der Waals surface area contributed by atoms with Crippen LogP contribution >= 0.6 is 11.6 Å². The van der Waals surface area contributed by atoms with E-state index in [0.29, 0.717) is 52.3 Å². The highest BCUT2D eigenvalue weighted by atomic mass is 35.5. The van der Waals surface area contributed by atoms with Crippen molar-refractivity contribution >= 4 is 35.6 Å². The van der Waals surface area contributed by atoms with Crippen LogP contribution in [-0.2, 0) is 14.2 Å². The van der Waals surface area contributed by atoms with E-state index in [1.807, 2.05) is 26.8 Å². The molecule has 0 saturated carbocycles. The zero-order chi connectivity index (χ0) is 27.8. The zero-order valence-corrected chi connectivity index (χ0v) is 23.8. The number of anilines is 1. The van der Waals surface area contributed by atoms with Gasteiger partial charge in [0.15, 0.2) is 5.76 Å². The number of urea groups is 1. The largest absolute Gasteiger partial charge is 0.498 e. The quantitative estimate of drug-likeness (QED) is 0.310.